The van der Waals surface area contributed by atoms with Crippen molar-refractivity contribution in [2.24, 2.45) is 0 Å². The van der Waals surface area contributed by atoms with Crippen LogP contribution in [0.2, 0.25) is 0 Å². The lowest BCUT2D eigenvalue weighted by molar-refractivity contribution is -0.302. The first kappa shape index (κ1) is 33.8. The van der Waals surface area contributed by atoms with Gasteiger partial charge in [0.2, 0.25) is 0 Å². The van der Waals surface area contributed by atoms with E-state index in [9.17, 15) is 19.2 Å². The summed E-state index contributed by atoms with van der Waals surface area (Å²) in [5.41, 5.74) is 0. The van der Waals surface area contributed by atoms with Gasteiger partial charge in [-0.25, -0.2) is 4.79 Å². The van der Waals surface area contributed by atoms with Gasteiger partial charge in [-0.1, -0.05) is 78.1 Å². The SMILES string of the molecule is CCCCCCCCOC(=O)[C@H]1OC(OCCCCCCCC)[C@H](OC(C)=O)[C@@H](OC(C)=O)[C@@H]1OC(C)=O. The fourth-order valence-corrected chi connectivity index (χ4v) is 4.32. The molecule has 0 amide bonds. The molecular formula is C28H48O10. The third-order valence-electron chi connectivity index (χ3n) is 6.16. The lowest BCUT2D eigenvalue weighted by Crippen LogP contribution is -2.64. The summed E-state index contributed by atoms with van der Waals surface area (Å²) in [4.78, 5) is 48.8. The van der Waals surface area contributed by atoms with Crippen molar-refractivity contribution in [3.05, 3.63) is 0 Å². The van der Waals surface area contributed by atoms with E-state index in [1.807, 2.05) is 0 Å². The van der Waals surface area contributed by atoms with E-state index in [0.29, 0.717) is 6.42 Å². The van der Waals surface area contributed by atoms with Gasteiger partial charge in [0.15, 0.2) is 30.7 Å². The average molecular weight is 545 g/mol. The molecule has 0 N–H and O–H groups in total. The number of ether oxygens (including phenoxy) is 6. The van der Waals surface area contributed by atoms with Crippen LogP contribution < -0.4 is 0 Å². The molecule has 0 radical (unpaired) electrons. The summed E-state index contributed by atoms with van der Waals surface area (Å²) < 4.78 is 33.4. The van der Waals surface area contributed by atoms with E-state index in [0.717, 1.165) is 64.7 Å². The van der Waals surface area contributed by atoms with Crippen molar-refractivity contribution >= 4 is 23.9 Å². The van der Waals surface area contributed by atoms with E-state index in [1.54, 1.807) is 0 Å². The lowest BCUT2D eigenvalue weighted by atomic mass is 9.97. The molecule has 1 heterocycles. The Morgan fingerprint density at radius 1 is 0.579 bits per heavy atom. The summed E-state index contributed by atoms with van der Waals surface area (Å²) in [5.74, 6) is -2.87. The number of rotatable bonds is 19. The number of hydrogen-bond donors (Lipinski definition) is 0. The monoisotopic (exact) mass is 544 g/mol. The molecule has 220 valence electrons. The maximum atomic E-state index is 13.1. The second kappa shape index (κ2) is 19.8. The van der Waals surface area contributed by atoms with Crippen molar-refractivity contribution in [1.82, 2.24) is 0 Å². The summed E-state index contributed by atoms with van der Waals surface area (Å²) in [6, 6.07) is 0. The quantitative estimate of drug-likeness (QED) is 0.127. The second-order valence-corrected chi connectivity index (χ2v) is 9.72. The first-order valence-corrected chi connectivity index (χ1v) is 14.2. The molecule has 1 aliphatic rings. The highest BCUT2D eigenvalue weighted by Crippen LogP contribution is 2.30. The molecule has 0 bridgehead atoms. The maximum absolute atomic E-state index is 13.1. The molecule has 1 aliphatic heterocycles. The molecule has 0 aromatic heterocycles. The topological polar surface area (TPSA) is 124 Å². The standard InChI is InChI=1S/C28H48O10/c1-6-8-10-12-14-16-18-33-27(32)25-23(35-20(3)29)24(36-21(4)30)26(37-22(5)31)28(38-25)34-19-17-15-13-11-9-7-2/h23-26,28H,6-19H2,1-5H3/t23-,24-,25-,26+,28?/m0/s1. The Labute approximate surface area is 227 Å². The third-order valence-corrected chi connectivity index (χ3v) is 6.16. The fraction of sp³-hybridized carbons (Fsp3) is 0.857. The zero-order valence-corrected chi connectivity index (χ0v) is 23.9. The van der Waals surface area contributed by atoms with Gasteiger partial charge >= 0.3 is 23.9 Å². The Hall–Kier alpha value is -2.20. The van der Waals surface area contributed by atoms with E-state index >= 15 is 0 Å². The van der Waals surface area contributed by atoms with E-state index in [4.69, 9.17) is 28.4 Å². The molecule has 0 aromatic rings. The number of esters is 4. The first-order valence-electron chi connectivity index (χ1n) is 14.2. The predicted octanol–water partition coefficient (Wildman–Crippen LogP) is 4.79. The summed E-state index contributed by atoms with van der Waals surface area (Å²) in [6.45, 7) is 8.26. The summed E-state index contributed by atoms with van der Waals surface area (Å²) in [5, 5.41) is 0. The van der Waals surface area contributed by atoms with Gasteiger partial charge in [0.1, 0.15) is 0 Å². The van der Waals surface area contributed by atoms with Gasteiger partial charge in [0.05, 0.1) is 6.61 Å². The zero-order valence-electron chi connectivity index (χ0n) is 23.9. The van der Waals surface area contributed by atoms with Crippen LogP contribution in [0.25, 0.3) is 0 Å². The van der Waals surface area contributed by atoms with E-state index in [1.165, 1.54) is 26.7 Å². The highest BCUT2D eigenvalue weighted by atomic mass is 16.7. The number of carbonyl (C=O) groups excluding carboxylic acids is 4. The van der Waals surface area contributed by atoms with E-state index in [2.05, 4.69) is 13.8 Å². The largest absolute Gasteiger partial charge is 0.464 e. The van der Waals surface area contributed by atoms with Gasteiger partial charge < -0.3 is 28.4 Å². The van der Waals surface area contributed by atoms with Crippen LogP contribution in [-0.2, 0) is 47.6 Å². The normalized spacial score (nSPS) is 22.9. The molecule has 38 heavy (non-hydrogen) atoms. The zero-order chi connectivity index (χ0) is 28.3. The summed E-state index contributed by atoms with van der Waals surface area (Å²) in [6.07, 6.45) is 5.68. The Bertz CT molecular complexity index is 710. The smallest absolute Gasteiger partial charge is 0.339 e. The Kier molecular flexibility index (Phi) is 17.6. The minimum Gasteiger partial charge on any atom is -0.464 e. The van der Waals surface area contributed by atoms with Gasteiger partial charge in [0.25, 0.3) is 0 Å². The number of hydrogen-bond acceptors (Lipinski definition) is 10. The molecule has 10 nitrogen and oxygen atoms in total. The number of unbranched alkanes of at least 4 members (excludes halogenated alkanes) is 10. The van der Waals surface area contributed by atoms with Crippen LogP contribution in [0.3, 0.4) is 0 Å². The molecule has 1 unspecified atom stereocenters. The van der Waals surface area contributed by atoms with Crippen molar-refractivity contribution in [1.29, 1.82) is 0 Å². The Morgan fingerprint density at radius 2 is 1.03 bits per heavy atom. The van der Waals surface area contributed by atoms with Crippen LogP contribution >= 0.6 is 0 Å². The molecule has 5 atom stereocenters. The summed E-state index contributed by atoms with van der Waals surface area (Å²) >= 11 is 0. The maximum Gasteiger partial charge on any atom is 0.339 e. The lowest BCUT2D eigenvalue weighted by Gasteiger charge is -2.43. The molecule has 1 saturated heterocycles. The minimum absolute atomic E-state index is 0.173. The molecule has 10 heteroatoms. The van der Waals surface area contributed by atoms with Crippen molar-refractivity contribution in [2.45, 2.75) is 142 Å². The third kappa shape index (κ3) is 13.6. The minimum atomic E-state index is -1.43. The highest BCUT2D eigenvalue weighted by Gasteiger charge is 2.55. The Balaban J connectivity index is 2.99. The number of carbonyl (C=O) groups is 4. The predicted molar refractivity (Wildman–Crippen MR) is 139 cm³/mol. The van der Waals surface area contributed by atoms with Crippen LogP contribution in [0, 0.1) is 0 Å². The molecule has 0 saturated carbocycles. The highest BCUT2D eigenvalue weighted by molar-refractivity contribution is 5.77. The van der Waals surface area contributed by atoms with Crippen LogP contribution in [0.15, 0.2) is 0 Å². The molecule has 0 aliphatic carbocycles. The molecule has 1 fully saturated rings. The van der Waals surface area contributed by atoms with E-state index in [-0.39, 0.29) is 13.2 Å². The molecular weight excluding hydrogens is 496 g/mol. The van der Waals surface area contributed by atoms with Crippen LogP contribution in [0.4, 0.5) is 0 Å². The first-order chi connectivity index (χ1) is 18.2. The van der Waals surface area contributed by atoms with Gasteiger partial charge in [-0.3, -0.25) is 14.4 Å². The van der Waals surface area contributed by atoms with Crippen molar-refractivity contribution in [3.8, 4) is 0 Å². The summed E-state index contributed by atoms with van der Waals surface area (Å²) in [7, 11) is 0. The molecule has 0 aromatic carbocycles. The molecule has 1 rings (SSSR count). The fourth-order valence-electron chi connectivity index (χ4n) is 4.32. The van der Waals surface area contributed by atoms with Crippen molar-refractivity contribution < 1.29 is 47.6 Å². The average Bonchev–Trinajstić information content (AvgIpc) is 2.84. The van der Waals surface area contributed by atoms with Crippen molar-refractivity contribution in [2.75, 3.05) is 13.2 Å². The van der Waals surface area contributed by atoms with Crippen LogP contribution in [0.1, 0.15) is 112 Å². The van der Waals surface area contributed by atoms with Gasteiger partial charge in [-0.2, -0.15) is 0 Å². The van der Waals surface area contributed by atoms with Crippen LogP contribution in [0.5, 0.6) is 0 Å². The van der Waals surface area contributed by atoms with E-state index < -0.39 is 54.6 Å². The Morgan fingerprint density at radius 3 is 1.55 bits per heavy atom. The van der Waals surface area contributed by atoms with Crippen LogP contribution in [-0.4, -0.2) is 67.8 Å². The van der Waals surface area contributed by atoms with Gasteiger partial charge in [0, 0.05) is 27.4 Å². The molecule has 0 spiro atoms. The van der Waals surface area contributed by atoms with Gasteiger partial charge in [-0.15, -0.1) is 0 Å². The van der Waals surface area contributed by atoms with Gasteiger partial charge in [-0.05, 0) is 12.8 Å². The second-order valence-electron chi connectivity index (χ2n) is 9.72. The van der Waals surface area contributed by atoms with Crippen molar-refractivity contribution in [3.63, 3.8) is 0 Å².